The fourth-order valence-electron chi connectivity index (χ4n) is 15.5. The molecule has 0 radical (unpaired) electrons. The molecule has 574 valence electrons. The van der Waals surface area contributed by atoms with Gasteiger partial charge in [-0.15, -0.1) is 0 Å². The number of piperazine rings is 1. The van der Waals surface area contributed by atoms with Crippen molar-refractivity contribution >= 4 is 89.0 Å². The van der Waals surface area contributed by atoms with E-state index in [9.17, 15) is 32.2 Å². The zero-order valence-corrected chi connectivity index (χ0v) is 64.0. The molecule has 29 nitrogen and oxygen atoms in total. The van der Waals surface area contributed by atoms with Crippen LogP contribution in [0, 0.1) is 23.6 Å². The quantitative estimate of drug-likeness (QED) is 0.0261. The predicted molar refractivity (Wildman–Crippen MR) is 415 cm³/mol. The highest BCUT2D eigenvalue weighted by Gasteiger charge is 2.38. The molecule has 0 amide bonds. The van der Waals surface area contributed by atoms with Crippen molar-refractivity contribution in [3.8, 4) is 0 Å². The summed E-state index contributed by atoms with van der Waals surface area (Å²) in [4.78, 5) is 22.4. The van der Waals surface area contributed by atoms with Crippen molar-refractivity contribution in [1.82, 2.24) is 72.8 Å². The van der Waals surface area contributed by atoms with Gasteiger partial charge in [0.2, 0.25) is 20.0 Å². The topological polar surface area (TPSA) is 332 Å². The van der Waals surface area contributed by atoms with E-state index in [4.69, 9.17) is 25.1 Å². The Morgan fingerprint density at radius 3 is 1.64 bits per heavy atom. The van der Waals surface area contributed by atoms with Crippen molar-refractivity contribution in [1.29, 1.82) is 0 Å². The number of β-amino-alcohol motifs (C(OH)–C–C–N with tert-alkyl or cyclic N) is 3. The third-order valence-corrected chi connectivity index (χ3v) is 26.0. The lowest BCUT2D eigenvalue weighted by Gasteiger charge is -2.48. The van der Waals surface area contributed by atoms with E-state index in [1.165, 1.54) is 48.7 Å². The Kier molecular flexibility index (Phi) is 22.3. The number of anilines is 9. The van der Waals surface area contributed by atoms with E-state index in [0.29, 0.717) is 79.3 Å². The molecule has 2 unspecified atom stereocenters. The number of likely N-dealkylation sites (N-methyl/N-ethyl adjacent to an activating group) is 1. The average Bonchev–Trinajstić information content (AvgIpc) is 1.74. The highest BCUT2D eigenvalue weighted by atomic mass is 32.2. The minimum atomic E-state index is -4.07. The van der Waals surface area contributed by atoms with E-state index in [-0.39, 0.29) is 89.8 Å². The summed E-state index contributed by atoms with van der Waals surface area (Å²) in [5, 5.41) is 75.8. The molecule has 5 saturated heterocycles. The van der Waals surface area contributed by atoms with E-state index >= 15 is 4.39 Å². The first-order chi connectivity index (χ1) is 51.3. The summed E-state index contributed by atoms with van der Waals surface area (Å²) in [6.07, 6.45) is 6.74. The summed E-state index contributed by atoms with van der Waals surface area (Å²) in [6, 6.07) is 23.9. The highest BCUT2D eigenvalue weighted by molar-refractivity contribution is 7.89. The van der Waals surface area contributed by atoms with Crippen LogP contribution in [0.1, 0.15) is 120 Å². The number of aliphatic hydroxyl groups excluding tert-OH is 3. The number of likely N-dealkylation sites (tertiary alicyclic amines) is 1. The van der Waals surface area contributed by atoms with Crippen LogP contribution in [-0.2, 0) is 20.0 Å². The molecule has 107 heavy (non-hydrogen) atoms. The SMILES string of the molecule is CC(C)c1cnn2c(Nc3ccc(N4CCN(C)C(N5CC[C@H](CNc6cc(NC7CCN(S(=O)(=O)c8ccc(F)c(C9C[C@H](CNc%10cc(Nc%11ccc(S(=O)(=O)N(C)C)cc%11)n%11ncc(C(C)C)c%11n%10)[C@@H](O)CN9)c8)CC7)n7ncc(C(C)C)c7n6)[C@@H](O)C5)C4)cc3)cc(NC[C@H]3CCNC[C@@H]3O)nc12. The molecule has 14 rings (SSSR count). The Hall–Kier alpha value is -8.41. The summed E-state index contributed by atoms with van der Waals surface area (Å²) in [6.45, 7) is 19.9. The van der Waals surface area contributed by atoms with Gasteiger partial charge in [-0.2, -0.15) is 33.1 Å². The van der Waals surface area contributed by atoms with E-state index < -0.39 is 56.1 Å². The van der Waals surface area contributed by atoms with Gasteiger partial charge in [-0.1, -0.05) is 41.5 Å². The molecule has 32 heteroatoms. The van der Waals surface area contributed by atoms with Gasteiger partial charge < -0.3 is 62.8 Å². The van der Waals surface area contributed by atoms with Crippen LogP contribution in [0.15, 0.2) is 113 Å². The fourth-order valence-corrected chi connectivity index (χ4v) is 17.9. The summed E-state index contributed by atoms with van der Waals surface area (Å²) < 4.78 is 78.8. The van der Waals surface area contributed by atoms with Crippen molar-refractivity contribution in [3.05, 3.63) is 132 Å². The first-order valence-corrected chi connectivity index (χ1v) is 40.5. The van der Waals surface area contributed by atoms with Crippen molar-refractivity contribution in [2.45, 2.75) is 138 Å². The molecule has 0 spiro atoms. The monoisotopic (exact) mass is 1510 g/mol. The lowest BCUT2D eigenvalue weighted by Crippen LogP contribution is -2.62. The summed E-state index contributed by atoms with van der Waals surface area (Å²) in [5.41, 5.74) is 7.93. The van der Waals surface area contributed by atoms with Crippen molar-refractivity contribution in [2.75, 3.05) is 143 Å². The van der Waals surface area contributed by atoms with E-state index in [0.717, 1.165) is 95.2 Å². The van der Waals surface area contributed by atoms with Gasteiger partial charge in [-0.25, -0.2) is 40.5 Å². The van der Waals surface area contributed by atoms with Crippen molar-refractivity contribution in [3.63, 3.8) is 0 Å². The number of benzene rings is 3. The zero-order chi connectivity index (χ0) is 75.2. The Morgan fingerprint density at radius 2 is 1.09 bits per heavy atom. The molecule has 3 aromatic carbocycles. The number of sulfonamides is 2. The maximum absolute atomic E-state index is 16.1. The van der Waals surface area contributed by atoms with Crippen LogP contribution in [0.25, 0.3) is 16.9 Å². The van der Waals surface area contributed by atoms with Gasteiger partial charge in [0.25, 0.3) is 0 Å². The lowest BCUT2D eigenvalue weighted by molar-refractivity contribution is -0.0332. The molecule has 0 saturated carbocycles. The van der Waals surface area contributed by atoms with Gasteiger partial charge in [0, 0.05) is 180 Å². The number of rotatable bonds is 25. The Labute approximate surface area is 625 Å². The van der Waals surface area contributed by atoms with Gasteiger partial charge >= 0.3 is 0 Å². The first-order valence-electron chi connectivity index (χ1n) is 37.6. The summed E-state index contributed by atoms with van der Waals surface area (Å²) in [7, 11) is -2.57. The standard InChI is InChI=1S/C75H103FN22O7S2/c1-45(2)58-38-82-96-69(32-66(88-73(58)96)79-35-48-20-24-77-41-63(48)99)85-51-10-14-54(15-11-51)93-29-28-92(9)72(44-93)94-25-21-49(65(101)43-94)36-80-67-33-71(98-74(89-67)59(40-84-98)46(3)4)87-53-22-26-95(27-23-53)107(104,105)56-18-19-61(76)57(31-56)62-30-50(64(100)42-78-62)37-81-68-34-70(97-75(90-68)60(39-83-97)47(5)6)86-52-12-16-55(17-13-52)106(102,103)91(7)8/h10-19,31-34,38-40,45-50,53,62-65,72,77-78,85-87,99-101H,20-30,35-37,41-44H2,1-9H3,(H,79,88)(H,80,89)(H,81,90)/t48-,49-,50-,62?,63+,64+,65+,72?/m1/s1. The molecule has 5 aliphatic rings. The number of nitrogens with one attached hydrogen (secondary N) is 8. The fraction of sp³-hybridized carbons (Fsp3) is 0.520. The van der Waals surface area contributed by atoms with Crippen LogP contribution in [0.4, 0.5) is 56.4 Å². The van der Waals surface area contributed by atoms with Gasteiger partial charge in [0.15, 0.2) is 16.9 Å². The molecule has 0 aliphatic carbocycles. The largest absolute Gasteiger partial charge is 0.391 e. The molecule has 8 atom stereocenters. The minimum Gasteiger partial charge on any atom is -0.391 e. The third kappa shape index (κ3) is 16.2. The third-order valence-electron chi connectivity index (χ3n) is 22.2. The number of aromatic nitrogens is 9. The molecular weight excluding hydrogens is 1400 g/mol. The number of aliphatic hydroxyl groups is 3. The number of nitrogens with zero attached hydrogens (tertiary/aromatic N) is 14. The van der Waals surface area contributed by atoms with Gasteiger partial charge in [-0.05, 0) is 130 Å². The normalized spacial score (nSPS) is 22.8. The van der Waals surface area contributed by atoms with Crippen LogP contribution in [0.5, 0.6) is 0 Å². The second-order valence-corrected chi connectivity index (χ2v) is 34.8. The van der Waals surface area contributed by atoms with Gasteiger partial charge in [0.1, 0.15) is 40.7 Å². The second-order valence-electron chi connectivity index (χ2n) is 30.7. The molecule has 5 aliphatic heterocycles. The minimum absolute atomic E-state index is 0.00862. The first kappa shape index (κ1) is 75.4. The Bertz CT molecular complexity index is 4840. The molecule has 6 aromatic heterocycles. The molecule has 11 N–H and O–H groups in total. The maximum atomic E-state index is 16.1. The molecule has 11 heterocycles. The van der Waals surface area contributed by atoms with Crippen LogP contribution >= 0.6 is 0 Å². The zero-order valence-electron chi connectivity index (χ0n) is 62.4. The Morgan fingerprint density at radius 1 is 0.579 bits per heavy atom. The van der Waals surface area contributed by atoms with Crippen molar-refractivity contribution in [2.24, 2.45) is 17.8 Å². The van der Waals surface area contributed by atoms with Gasteiger partial charge in [-0.3, -0.25) is 9.80 Å². The summed E-state index contributed by atoms with van der Waals surface area (Å²) >= 11 is 0. The number of hydrogen-bond donors (Lipinski definition) is 11. The lowest BCUT2D eigenvalue weighted by atomic mass is 9.86. The van der Waals surface area contributed by atoms with Crippen molar-refractivity contribution < 1.29 is 36.5 Å². The second kappa shape index (κ2) is 31.7. The summed E-state index contributed by atoms with van der Waals surface area (Å²) in [5.74, 6) is 3.55. The number of piperidine rings is 4. The van der Waals surface area contributed by atoms with Gasteiger partial charge in [0.05, 0.1) is 52.9 Å². The number of hydrogen-bond acceptors (Lipinski definition) is 24. The molecule has 9 aromatic rings. The Balaban J connectivity index is 0.581. The molecular formula is C75H103FN22O7S2. The average molecular weight is 1510 g/mol. The highest BCUT2D eigenvalue weighted by Crippen LogP contribution is 2.37. The van der Waals surface area contributed by atoms with E-state index in [1.807, 2.05) is 47.4 Å². The molecule has 0 bridgehead atoms. The number of halogens is 1. The van der Waals surface area contributed by atoms with Crippen LogP contribution in [0.2, 0.25) is 0 Å². The molecule has 5 fully saturated rings. The van der Waals surface area contributed by atoms with Crippen LogP contribution < -0.4 is 47.4 Å². The van der Waals surface area contributed by atoms with E-state index in [1.54, 1.807) is 28.9 Å². The van der Waals surface area contributed by atoms with E-state index in [2.05, 4.69) is 121 Å². The van der Waals surface area contributed by atoms with Crippen LogP contribution in [-0.4, -0.2) is 231 Å². The van der Waals surface area contributed by atoms with Crippen LogP contribution in [0.3, 0.4) is 0 Å². The predicted octanol–water partition coefficient (Wildman–Crippen LogP) is 7.71. The number of fused-ring (bicyclic) bond motifs is 3. The smallest absolute Gasteiger partial charge is 0.243 e. The maximum Gasteiger partial charge on any atom is 0.243 e.